The third-order valence-corrected chi connectivity index (χ3v) is 4.41. The van der Waals surface area contributed by atoms with Gasteiger partial charge in [0.25, 0.3) is 0 Å². The summed E-state index contributed by atoms with van der Waals surface area (Å²) < 4.78 is 12.9. The molecule has 1 aromatic carbocycles. The van der Waals surface area contributed by atoms with Crippen molar-refractivity contribution in [1.29, 1.82) is 0 Å². The van der Waals surface area contributed by atoms with Crippen molar-refractivity contribution in [1.82, 2.24) is 4.98 Å². The van der Waals surface area contributed by atoms with Gasteiger partial charge >= 0.3 is 0 Å². The molecule has 0 spiro atoms. The number of rotatable bonds is 9. The molecule has 0 saturated carbocycles. The van der Waals surface area contributed by atoms with Crippen LogP contribution in [0.5, 0.6) is 0 Å². The standard InChI is InChI=1S/C18H23FN2OS/c1-2-3-4-5-6-7-8-17(22)21-18-20-16(13-23-18)14-9-11-15(19)12-10-14/h9-13H,2-8H2,1H3,(H,20,21,22). The van der Waals surface area contributed by atoms with Crippen molar-refractivity contribution in [3.63, 3.8) is 0 Å². The van der Waals surface area contributed by atoms with Crippen LogP contribution in [0.15, 0.2) is 29.6 Å². The van der Waals surface area contributed by atoms with Crippen LogP contribution in [0.1, 0.15) is 51.9 Å². The Kier molecular flexibility index (Phi) is 7.20. The Morgan fingerprint density at radius 3 is 2.57 bits per heavy atom. The van der Waals surface area contributed by atoms with E-state index in [0.717, 1.165) is 24.1 Å². The molecular weight excluding hydrogens is 311 g/mol. The fourth-order valence-corrected chi connectivity index (χ4v) is 3.07. The lowest BCUT2D eigenvalue weighted by Gasteiger charge is -2.02. The topological polar surface area (TPSA) is 42.0 Å². The highest BCUT2D eigenvalue weighted by atomic mass is 32.1. The quantitative estimate of drug-likeness (QED) is 0.603. The number of nitrogens with one attached hydrogen (secondary N) is 1. The molecule has 0 aliphatic carbocycles. The molecule has 23 heavy (non-hydrogen) atoms. The number of anilines is 1. The second-order valence-electron chi connectivity index (χ2n) is 5.61. The Balaban J connectivity index is 1.75. The van der Waals surface area contributed by atoms with Crippen LogP contribution in [-0.4, -0.2) is 10.9 Å². The predicted octanol–water partition coefficient (Wildman–Crippen LogP) is 5.64. The first-order chi connectivity index (χ1) is 11.2. The summed E-state index contributed by atoms with van der Waals surface area (Å²) in [6.07, 6.45) is 7.53. The molecule has 2 aromatic rings. The molecule has 1 amide bonds. The second-order valence-corrected chi connectivity index (χ2v) is 6.47. The van der Waals surface area contributed by atoms with E-state index >= 15 is 0 Å². The summed E-state index contributed by atoms with van der Waals surface area (Å²) in [6, 6.07) is 6.19. The summed E-state index contributed by atoms with van der Waals surface area (Å²) in [5.41, 5.74) is 1.60. The maximum Gasteiger partial charge on any atom is 0.226 e. The van der Waals surface area contributed by atoms with Crippen LogP contribution in [0.2, 0.25) is 0 Å². The highest BCUT2D eigenvalue weighted by Crippen LogP contribution is 2.25. The van der Waals surface area contributed by atoms with E-state index in [4.69, 9.17) is 0 Å². The lowest BCUT2D eigenvalue weighted by Crippen LogP contribution is -2.10. The first-order valence-electron chi connectivity index (χ1n) is 8.20. The summed E-state index contributed by atoms with van der Waals surface area (Å²) in [5, 5.41) is 5.31. The molecule has 1 aromatic heterocycles. The first kappa shape index (κ1) is 17.6. The van der Waals surface area contributed by atoms with Gasteiger partial charge in [0.1, 0.15) is 5.82 Å². The zero-order chi connectivity index (χ0) is 16.5. The summed E-state index contributed by atoms with van der Waals surface area (Å²) in [7, 11) is 0. The van der Waals surface area contributed by atoms with Crippen molar-refractivity contribution in [2.45, 2.75) is 51.9 Å². The number of hydrogen-bond acceptors (Lipinski definition) is 3. The molecule has 1 N–H and O–H groups in total. The van der Waals surface area contributed by atoms with Gasteiger partial charge in [-0.15, -0.1) is 11.3 Å². The number of benzene rings is 1. The van der Waals surface area contributed by atoms with Gasteiger partial charge in [-0.2, -0.15) is 0 Å². The number of amides is 1. The van der Waals surface area contributed by atoms with Gasteiger partial charge in [0, 0.05) is 17.4 Å². The molecule has 0 bridgehead atoms. The summed E-state index contributed by atoms with van der Waals surface area (Å²) >= 11 is 1.39. The molecule has 0 aliphatic heterocycles. The molecule has 3 nitrogen and oxygen atoms in total. The molecular formula is C18H23FN2OS. The fourth-order valence-electron chi connectivity index (χ4n) is 2.33. The minimum Gasteiger partial charge on any atom is -0.302 e. The summed E-state index contributed by atoms with van der Waals surface area (Å²) in [4.78, 5) is 16.3. The number of thiazole rings is 1. The van der Waals surface area contributed by atoms with Gasteiger partial charge in [-0.25, -0.2) is 9.37 Å². The van der Waals surface area contributed by atoms with Gasteiger partial charge in [-0.3, -0.25) is 4.79 Å². The molecule has 0 atom stereocenters. The van der Waals surface area contributed by atoms with Crippen LogP contribution in [0, 0.1) is 5.82 Å². The van der Waals surface area contributed by atoms with Crippen LogP contribution < -0.4 is 5.32 Å². The molecule has 1 heterocycles. The Morgan fingerprint density at radius 2 is 1.83 bits per heavy atom. The molecule has 0 fully saturated rings. The maximum absolute atomic E-state index is 12.9. The summed E-state index contributed by atoms with van der Waals surface area (Å²) in [5.74, 6) is -0.253. The van der Waals surface area contributed by atoms with Crippen LogP contribution in [0.4, 0.5) is 9.52 Å². The molecule has 0 saturated heterocycles. The second kappa shape index (κ2) is 9.40. The Hall–Kier alpha value is -1.75. The maximum atomic E-state index is 12.9. The lowest BCUT2D eigenvalue weighted by atomic mass is 10.1. The lowest BCUT2D eigenvalue weighted by molar-refractivity contribution is -0.116. The first-order valence-corrected chi connectivity index (χ1v) is 9.08. The number of unbranched alkanes of at least 4 members (excludes halogenated alkanes) is 5. The highest BCUT2D eigenvalue weighted by molar-refractivity contribution is 7.14. The van der Waals surface area contributed by atoms with Gasteiger partial charge in [-0.05, 0) is 30.7 Å². The number of aromatic nitrogens is 1. The minimum atomic E-state index is -0.267. The van der Waals surface area contributed by atoms with Gasteiger partial charge in [0.15, 0.2) is 5.13 Å². The van der Waals surface area contributed by atoms with Crippen molar-refractivity contribution in [3.05, 3.63) is 35.5 Å². The smallest absolute Gasteiger partial charge is 0.226 e. The van der Waals surface area contributed by atoms with Crippen molar-refractivity contribution in [2.75, 3.05) is 5.32 Å². The van der Waals surface area contributed by atoms with Crippen molar-refractivity contribution >= 4 is 22.4 Å². The fraction of sp³-hybridized carbons (Fsp3) is 0.444. The van der Waals surface area contributed by atoms with Crippen LogP contribution in [-0.2, 0) is 4.79 Å². The molecule has 0 radical (unpaired) electrons. The van der Waals surface area contributed by atoms with E-state index in [-0.39, 0.29) is 11.7 Å². The van der Waals surface area contributed by atoms with E-state index in [1.807, 2.05) is 5.38 Å². The molecule has 0 aliphatic rings. The average molecular weight is 334 g/mol. The number of carbonyl (C=O) groups is 1. The third kappa shape index (κ3) is 6.10. The SMILES string of the molecule is CCCCCCCCC(=O)Nc1nc(-c2ccc(F)cc2)cs1. The number of nitrogens with zero attached hydrogens (tertiary/aromatic N) is 1. The number of hydrogen-bond donors (Lipinski definition) is 1. The monoisotopic (exact) mass is 334 g/mol. The van der Waals surface area contributed by atoms with Crippen molar-refractivity contribution in [3.8, 4) is 11.3 Å². The Labute approximate surface area is 141 Å². The minimum absolute atomic E-state index is 0.0143. The van der Waals surface area contributed by atoms with Gasteiger partial charge in [-0.1, -0.05) is 39.0 Å². The third-order valence-electron chi connectivity index (χ3n) is 3.65. The van der Waals surface area contributed by atoms with Crippen molar-refractivity contribution < 1.29 is 9.18 Å². The zero-order valence-corrected chi connectivity index (χ0v) is 14.3. The van der Waals surface area contributed by atoms with Crippen LogP contribution >= 0.6 is 11.3 Å². The highest BCUT2D eigenvalue weighted by Gasteiger charge is 2.08. The number of carbonyl (C=O) groups excluding carboxylic acids is 1. The molecule has 0 unspecified atom stereocenters. The molecule has 5 heteroatoms. The molecule has 2 rings (SSSR count). The molecule has 124 valence electrons. The van der Waals surface area contributed by atoms with E-state index in [1.54, 1.807) is 12.1 Å². The predicted molar refractivity (Wildman–Crippen MR) is 94.1 cm³/mol. The van der Waals surface area contributed by atoms with Gasteiger partial charge in [0.2, 0.25) is 5.91 Å². The van der Waals surface area contributed by atoms with E-state index < -0.39 is 0 Å². The normalized spacial score (nSPS) is 10.7. The zero-order valence-electron chi connectivity index (χ0n) is 13.5. The number of halogens is 1. The largest absolute Gasteiger partial charge is 0.302 e. The Morgan fingerprint density at radius 1 is 1.13 bits per heavy atom. The van der Waals surface area contributed by atoms with Crippen molar-refractivity contribution in [2.24, 2.45) is 0 Å². The van der Waals surface area contributed by atoms with Gasteiger partial charge in [0.05, 0.1) is 5.69 Å². The van der Waals surface area contributed by atoms with E-state index in [2.05, 4.69) is 17.2 Å². The average Bonchev–Trinajstić information content (AvgIpc) is 3.00. The summed E-state index contributed by atoms with van der Waals surface area (Å²) in [6.45, 7) is 2.20. The van der Waals surface area contributed by atoms with Crippen LogP contribution in [0.25, 0.3) is 11.3 Å². The van der Waals surface area contributed by atoms with E-state index in [9.17, 15) is 9.18 Å². The Bertz CT molecular complexity index is 610. The van der Waals surface area contributed by atoms with E-state index in [0.29, 0.717) is 11.6 Å². The van der Waals surface area contributed by atoms with Gasteiger partial charge < -0.3 is 5.32 Å². The van der Waals surface area contributed by atoms with E-state index in [1.165, 1.54) is 49.2 Å². The van der Waals surface area contributed by atoms with Crippen LogP contribution in [0.3, 0.4) is 0 Å².